The van der Waals surface area contributed by atoms with Gasteiger partial charge in [-0.3, -0.25) is 9.78 Å². The molecule has 0 atom stereocenters. The number of tetrazole rings is 1. The Bertz CT molecular complexity index is 769. The molecule has 2 aromatic heterocycles. The first-order chi connectivity index (χ1) is 10.2. The highest BCUT2D eigenvalue weighted by atomic mass is 16.1. The molecule has 1 aromatic carbocycles. The number of aromatic nitrogens is 5. The lowest BCUT2D eigenvalue weighted by Crippen LogP contribution is -2.13. The zero-order valence-electron chi connectivity index (χ0n) is 11.3. The maximum atomic E-state index is 12.3. The maximum absolute atomic E-state index is 12.3. The van der Waals surface area contributed by atoms with Crippen molar-refractivity contribution in [1.82, 2.24) is 25.2 Å². The van der Waals surface area contributed by atoms with Crippen molar-refractivity contribution in [1.29, 1.82) is 0 Å². The van der Waals surface area contributed by atoms with Crippen LogP contribution in [0.1, 0.15) is 15.9 Å². The Balaban J connectivity index is 1.85. The van der Waals surface area contributed by atoms with Gasteiger partial charge in [-0.2, -0.15) is 0 Å². The summed E-state index contributed by atoms with van der Waals surface area (Å²) < 4.78 is 1.49. The zero-order chi connectivity index (χ0) is 14.7. The normalized spacial score (nSPS) is 10.3. The van der Waals surface area contributed by atoms with Crippen LogP contribution in [0, 0.1) is 6.92 Å². The molecule has 104 valence electrons. The van der Waals surface area contributed by atoms with Gasteiger partial charge in [0.15, 0.2) is 0 Å². The number of anilines is 1. The molecule has 21 heavy (non-hydrogen) atoms. The van der Waals surface area contributed by atoms with Crippen molar-refractivity contribution in [2.75, 3.05) is 5.32 Å². The third kappa shape index (κ3) is 2.76. The average molecular weight is 280 g/mol. The fourth-order valence-corrected chi connectivity index (χ4v) is 1.88. The molecule has 0 bridgehead atoms. The van der Waals surface area contributed by atoms with Gasteiger partial charge in [-0.1, -0.05) is 6.07 Å². The van der Waals surface area contributed by atoms with Gasteiger partial charge < -0.3 is 5.32 Å². The van der Waals surface area contributed by atoms with Crippen molar-refractivity contribution in [3.8, 4) is 5.69 Å². The molecule has 7 nitrogen and oxygen atoms in total. The standard InChI is InChI=1S/C14H12N6O/c1-10-8-15-6-5-13(10)17-14(21)11-3-2-4-12(7-11)20-9-16-18-19-20/h2-9H,1H3,(H,15,17,21). The molecule has 0 aliphatic carbocycles. The first kappa shape index (κ1) is 12.9. The number of pyridine rings is 1. The molecule has 2 heterocycles. The van der Waals surface area contributed by atoms with Gasteiger partial charge in [-0.25, -0.2) is 4.68 Å². The number of hydrogen-bond donors (Lipinski definition) is 1. The molecule has 0 saturated carbocycles. The van der Waals surface area contributed by atoms with Gasteiger partial charge in [-0.05, 0) is 47.2 Å². The Hall–Kier alpha value is -3.09. The average Bonchev–Trinajstić information content (AvgIpc) is 3.04. The molecule has 0 fully saturated rings. The van der Waals surface area contributed by atoms with Crippen LogP contribution < -0.4 is 5.32 Å². The van der Waals surface area contributed by atoms with Crippen LogP contribution in [0.3, 0.4) is 0 Å². The van der Waals surface area contributed by atoms with Crippen LogP contribution in [0.25, 0.3) is 5.69 Å². The van der Waals surface area contributed by atoms with Crippen molar-refractivity contribution in [3.05, 3.63) is 60.2 Å². The van der Waals surface area contributed by atoms with E-state index in [4.69, 9.17) is 0 Å². The molecule has 0 spiro atoms. The van der Waals surface area contributed by atoms with E-state index in [1.807, 2.05) is 13.0 Å². The van der Waals surface area contributed by atoms with Crippen LogP contribution in [-0.4, -0.2) is 31.1 Å². The molecular formula is C14H12N6O. The quantitative estimate of drug-likeness (QED) is 0.788. The second-order valence-electron chi connectivity index (χ2n) is 4.45. The molecule has 1 amide bonds. The predicted octanol–water partition coefficient (Wildman–Crippen LogP) is 1.62. The molecule has 0 unspecified atom stereocenters. The zero-order valence-corrected chi connectivity index (χ0v) is 11.3. The lowest BCUT2D eigenvalue weighted by molar-refractivity contribution is 0.102. The number of rotatable bonds is 3. The summed E-state index contributed by atoms with van der Waals surface area (Å²) in [5.41, 5.74) is 2.89. The SMILES string of the molecule is Cc1cnccc1NC(=O)c1cccc(-n2cnnn2)c1. The van der Waals surface area contributed by atoms with E-state index in [1.165, 1.54) is 11.0 Å². The molecule has 7 heteroatoms. The smallest absolute Gasteiger partial charge is 0.255 e. The topological polar surface area (TPSA) is 85.6 Å². The van der Waals surface area contributed by atoms with Gasteiger partial charge in [0.2, 0.25) is 0 Å². The fourth-order valence-electron chi connectivity index (χ4n) is 1.88. The molecule has 0 aliphatic heterocycles. The summed E-state index contributed by atoms with van der Waals surface area (Å²) in [6.07, 6.45) is 4.82. The minimum atomic E-state index is -0.195. The summed E-state index contributed by atoms with van der Waals surface area (Å²) in [7, 11) is 0. The maximum Gasteiger partial charge on any atom is 0.255 e. The van der Waals surface area contributed by atoms with Crippen LogP contribution in [0.4, 0.5) is 5.69 Å². The van der Waals surface area contributed by atoms with Gasteiger partial charge in [-0.15, -0.1) is 5.10 Å². The number of carbonyl (C=O) groups excluding carboxylic acids is 1. The third-order valence-corrected chi connectivity index (χ3v) is 2.99. The lowest BCUT2D eigenvalue weighted by Gasteiger charge is -2.08. The summed E-state index contributed by atoms with van der Waals surface area (Å²) >= 11 is 0. The van der Waals surface area contributed by atoms with E-state index in [0.717, 1.165) is 16.9 Å². The first-order valence-corrected chi connectivity index (χ1v) is 6.29. The number of benzene rings is 1. The lowest BCUT2D eigenvalue weighted by atomic mass is 10.1. The molecule has 0 saturated heterocycles. The van der Waals surface area contributed by atoms with Crippen molar-refractivity contribution < 1.29 is 4.79 Å². The second kappa shape index (κ2) is 5.49. The van der Waals surface area contributed by atoms with Gasteiger partial charge in [0.25, 0.3) is 5.91 Å². The Morgan fingerprint density at radius 3 is 2.95 bits per heavy atom. The van der Waals surface area contributed by atoms with E-state index < -0.39 is 0 Å². The minimum absolute atomic E-state index is 0.195. The third-order valence-electron chi connectivity index (χ3n) is 2.99. The Kier molecular flexibility index (Phi) is 3.38. The fraction of sp³-hybridized carbons (Fsp3) is 0.0714. The van der Waals surface area contributed by atoms with E-state index >= 15 is 0 Å². The summed E-state index contributed by atoms with van der Waals surface area (Å²) in [5, 5.41) is 13.8. The molecule has 3 aromatic rings. The Morgan fingerprint density at radius 1 is 1.29 bits per heavy atom. The van der Waals surface area contributed by atoms with Crippen LogP contribution >= 0.6 is 0 Å². The first-order valence-electron chi connectivity index (χ1n) is 6.29. The van der Waals surface area contributed by atoms with Crippen LogP contribution in [0.5, 0.6) is 0 Å². The van der Waals surface area contributed by atoms with Gasteiger partial charge in [0, 0.05) is 23.6 Å². The van der Waals surface area contributed by atoms with E-state index in [2.05, 4.69) is 25.8 Å². The van der Waals surface area contributed by atoms with Crippen molar-refractivity contribution in [2.24, 2.45) is 0 Å². The Labute approximate surface area is 120 Å². The van der Waals surface area contributed by atoms with Gasteiger partial charge >= 0.3 is 0 Å². The molecule has 3 rings (SSSR count). The number of nitrogens with one attached hydrogen (secondary N) is 1. The largest absolute Gasteiger partial charge is 0.322 e. The number of hydrogen-bond acceptors (Lipinski definition) is 5. The number of carbonyl (C=O) groups is 1. The van der Waals surface area contributed by atoms with E-state index in [1.54, 1.807) is 36.7 Å². The van der Waals surface area contributed by atoms with Crippen LogP contribution in [0.15, 0.2) is 49.1 Å². The van der Waals surface area contributed by atoms with Crippen molar-refractivity contribution >= 4 is 11.6 Å². The summed E-state index contributed by atoms with van der Waals surface area (Å²) in [6, 6.07) is 8.83. The van der Waals surface area contributed by atoms with E-state index in [9.17, 15) is 4.79 Å². The highest BCUT2D eigenvalue weighted by Gasteiger charge is 2.09. The Morgan fingerprint density at radius 2 is 2.19 bits per heavy atom. The molecule has 0 aliphatic rings. The highest BCUT2D eigenvalue weighted by Crippen LogP contribution is 2.15. The summed E-state index contributed by atoms with van der Waals surface area (Å²) in [6.45, 7) is 1.89. The summed E-state index contributed by atoms with van der Waals surface area (Å²) in [5.74, 6) is -0.195. The highest BCUT2D eigenvalue weighted by molar-refractivity contribution is 6.04. The number of amides is 1. The summed E-state index contributed by atoms with van der Waals surface area (Å²) in [4.78, 5) is 16.3. The molecule has 1 N–H and O–H groups in total. The van der Waals surface area contributed by atoms with E-state index in [0.29, 0.717) is 5.56 Å². The number of aryl methyl sites for hydroxylation is 1. The number of nitrogens with zero attached hydrogens (tertiary/aromatic N) is 5. The van der Waals surface area contributed by atoms with Gasteiger partial charge in [0.1, 0.15) is 6.33 Å². The van der Waals surface area contributed by atoms with Crippen LogP contribution in [0.2, 0.25) is 0 Å². The monoisotopic (exact) mass is 280 g/mol. The minimum Gasteiger partial charge on any atom is -0.322 e. The van der Waals surface area contributed by atoms with Crippen molar-refractivity contribution in [2.45, 2.75) is 6.92 Å². The van der Waals surface area contributed by atoms with Gasteiger partial charge in [0.05, 0.1) is 5.69 Å². The molecule has 0 radical (unpaired) electrons. The van der Waals surface area contributed by atoms with Crippen LogP contribution in [-0.2, 0) is 0 Å². The second-order valence-corrected chi connectivity index (χ2v) is 4.45. The molecular weight excluding hydrogens is 268 g/mol. The van der Waals surface area contributed by atoms with Crippen molar-refractivity contribution in [3.63, 3.8) is 0 Å². The van der Waals surface area contributed by atoms with E-state index in [-0.39, 0.29) is 5.91 Å². The predicted molar refractivity (Wildman–Crippen MR) is 76.1 cm³/mol.